The van der Waals surface area contributed by atoms with Crippen molar-refractivity contribution < 1.29 is 19.7 Å². The van der Waals surface area contributed by atoms with Gasteiger partial charge in [-0.15, -0.1) is 0 Å². The normalized spacial score (nSPS) is 14.5. The van der Waals surface area contributed by atoms with E-state index in [1.165, 1.54) is 25.7 Å². The first-order chi connectivity index (χ1) is 14.2. The molecule has 0 rings (SSSR count). The molecule has 0 saturated heterocycles. The summed E-state index contributed by atoms with van der Waals surface area (Å²) in [6, 6.07) is 0. The van der Waals surface area contributed by atoms with Crippen LogP contribution in [0, 0.1) is 5.92 Å². The summed E-state index contributed by atoms with van der Waals surface area (Å²) in [7, 11) is 0. The van der Waals surface area contributed by atoms with Crippen molar-refractivity contribution in [2.75, 3.05) is 13.2 Å². The lowest BCUT2D eigenvalue weighted by Crippen LogP contribution is -2.25. The van der Waals surface area contributed by atoms with E-state index in [0.717, 1.165) is 32.1 Å². The Kier molecular flexibility index (Phi) is 19.9. The average molecular weight is 407 g/mol. The van der Waals surface area contributed by atoms with E-state index in [1.807, 2.05) is 6.92 Å². The molecule has 2 N–H and O–H groups in total. The highest BCUT2D eigenvalue weighted by Gasteiger charge is 2.18. The largest absolute Gasteiger partial charge is 0.463 e. The second-order valence-electron chi connectivity index (χ2n) is 7.24. The molecular weight excluding hydrogens is 364 g/mol. The zero-order valence-electron chi connectivity index (χ0n) is 18.5. The highest BCUT2D eigenvalue weighted by Crippen LogP contribution is 2.14. The number of carbonyl (C=O) groups excluding carboxylic acids is 1. The van der Waals surface area contributed by atoms with Crippen LogP contribution in [0.4, 0.5) is 0 Å². The van der Waals surface area contributed by atoms with Crippen molar-refractivity contribution in [3.63, 3.8) is 0 Å². The Labute approximate surface area is 178 Å². The van der Waals surface area contributed by atoms with Gasteiger partial charge in [-0.05, 0) is 51.4 Å². The number of ether oxygens (including phenoxy) is 1. The maximum Gasteiger partial charge on any atom is 0.309 e. The number of hydrogen-bond donors (Lipinski definition) is 2. The lowest BCUT2D eigenvalue weighted by Gasteiger charge is -2.14. The standard InChI is InChI=1S/C25H42O4/c1-3-5-6-7-8-9-10-11-12-13-14-15-16-17-18-19-20-23(4-2)25(28)29-22-24(27)21-26/h8-9,11-12,14-15,17-18,23-24,26-27H,3-7,10,13,16,19-22H2,1-2H3/b9-8-,12-11-,15-14-,18-17-. The minimum Gasteiger partial charge on any atom is -0.463 e. The van der Waals surface area contributed by atoms with E-state index in [1.54, 1.807) is 0 Å². The highest BCUT2D eigenvalue weighted by molar-refractivity contribution is 5.72. The van der Waals surface area contributed by atoms with Crippen LogP contribution in [0.3, 0.4) is 0 Å². The van der Waals surface area contributed by atoms with Crippen molar-refractivity contribution in [2.24, 2.45) is 5.92 Å². The van der Waals surface area contributed by atoms with Crippen LogP contribution in [0.25, 0.3) is 0 Å². The monoisotopic (exact) mass is 406 g/mol. The SMILES string of the molecule is CCCCC/C=C\C/C=C\C/C=C\C/C=C\CCC(CC)C(=O)OCC(O)CO. The van der Waals surface area contributed by atoms with Gasteiger partial charge >= 0.3 is 5.97 Å². The third kappa shape index (κ3) is 18.1. The number of aliphatic hydroxyl groups excluding tert-OH is 2. The van der Waals surface area contributed by atoms with Crippen LogP contribution < -0.4 is 0 Å². The molecule has 0 aromatic carbocycles. The number of aliphatic hydroxyl groups is 2. The second-order valence-corrected chi connectivity index (χ2v) is 7.24. The summed E-state index contributed by atoms with van der Waals surface area (Å²) in [5.74, 6) is -0.456. The molecule has 2 unspecified atom stereocenters. The second kappa shape index (κ2) is 21.1. The van der Waals surface area contributed by atoms with E-state index in [0.29, 0.717) is 6.42 Å². The van der Waals surface area contributed by atoms with E-state index >= 15 is 0 Å². The Morgan fingerprint density at radius 3 is 1.93 bits per heavy atom. The first-order valence-electron chi connectivity index (χ1n) is 11.2. The van der Waals surface area contributed by atoms with Gasteiger partial charge in [0, 0.05) is 0 Å². The molecule has 0 aliphatic carbocycles. The molecule has 0 radical (unpaired) electrons. The van der Waals surface area contributed by atoms with Gasteiger partial charge in [0.2, 0.25) is 0 Å². The van der Waals surface area contributed by atoms with E-state index in [2.05, 4.69) is 55.5 Å². The van der Waals surface area contributed by atoms with E-state index < -0.39 is 12.7 Å². The van der Waals surface area contributed by atoms with E-state index in [4.69, 9.17) is 9.84 Å². The van der Waals surface area contributed by atoms with Crippen molar-refractivity contribution in [3.05, 3.63) is 48.6 Å². The predicted octanol–water partition coefficient (Wildman–Crippen LogP) is 5.66. The van der Waals surface area contributed by atoms with Gasteiger partial charge in [-0.1, -0.05) is 75.3 Å². The smallest absolute Gasteiger partial charge is 0.309 e. The molecule has 0 fully saturated rings. The summed E-state index contributed by atoms with van der Waals surface area (Å²) < 4.78 is 5.03. The molecule has 4 nitrogen and oxygen atoms in total. The average Bonchev–Trinajstić information content (AvgIpc) is 2.74. The maximum atomic E-state index is 11.9. The van der Waals surface area contributed by atoms with Crippen LogP contribution in [0.1, 0.15) is 78.1 Å². The Bertz CT molecular complexity index is 491. The fourth-order valence-corrected chi connectivity index (χ4v) is 2.70. The first kappa shape index (κ1) is 27.4. The third-order valence-corrected chi connectivity index (χ3v) is 4.59. The number of carbonyl (C=O) groups is 1. The number of allylic oxidation sites excluding steroid dienone is 8. The fourth-order valence-electron chi connectivity index (χ4n) is 2.70. The quantitative estimate of drug-likeness (QED) is 0.175. The third-order valence-electron chi connectivity index (χ3n) is 4.59. The molecule has 166 valence electrons. The van der Waals surface area contributed by atoms with Crippen molar-refractivity contribution >= 4 is 5.97 Å². The Balaban J connectivity index is 3.77. The molecule has 0 spiro atoms. The predicted molar refractivity (Wildman–Crippen MR) is 122 cm³/mol. The lowest BCUT2D eigenvalue weighted by atomic mass is 10.0. The topological polar surface area (TPSA) is 66.8 Å². The van der Waals surface area contributed by atoms with Crippen molar-refractivity contribution in [3.8, 4) is 0 Å². The Morgan fingerprint density at radius 2 is 1.41 bits per heavy atom. The molecule has 0 aliphatic rings. The molecule has 2 atom stereocenters. The van der Waals surface area contributed by atoms with Crippen LogP contribution in [-0.4, -0.2) is 35.5 Å². The van der Waals surface area contributed by atoms with E-state index in [-0.39, 0.29) is 18.5 Å². The van der Waals surface area contributed by atoms with Crippen LogP contribution in [0.2, 0.25) is 0 Å². The van der Waals surface area contributed by atoms with Gasteiger partial charge in [-0.3, -0.25) is 4.79 Å². The molecule has 0 aromatic heterocycles. The molecule has 29 heavy (non-hydrogen) atoms. The highest BCUT2D eigenvalue weighted by atomic mass is 16.5. The number of unbranched alkanes of at least 4 members (excludes halogenated alkanes) is 3. The van der Waals surface area contributed by atoms with Crippen molar-refractivity contribution in [2.45, 2.75) is 84.2 Å². The zero-order chi connectivity index (χ0) is 21.6. The summed E-state index contributed by atoms with van der Waals surface area (Å²) in [4.78, 5) is 11.9. The van der Waals surface area contributed by atoms with Crippen LogP contribution in [-0.2, 0) is 9.53 Å². The van der Waals surface area contributed by atoms with Gasteiger partial charge in [-0.25, -0.2) is 0 Å². The molecule has 4 heteroatoms. The first-order valence-corrected chi connectivity index (χ1v) is 11.2. The molecule has 0 heterocycles. The van der Waals surface area contributed by atoms with Gasteiger partial charge in [0.05, 0.1) is 12.5 Å². The van der Waals surface area contributed by atoms with Crippen LogP contribution in [0.15, 0.2) is 48.6 Å². The van der Waals surface area contributed by atoms with Crippen LogP contribution >= 0.6 is 0 Å². The Hall–Kier alpha value is -1.65. The molecule has 0 bridgehead atoms. The molecule has 0 amide bonds. The van der Waals surface area contributed by atoms with Crippen LogP contribution in [0.5, 0.6) is 0 Å². The van der Waals surface area contributed by atoms with Gasteiger partial charge in [0.15, 0.2) is 0 Å². The maximum absolute atomic E-state index is 11.9. The summed E-state index contributed by atoms with van der Waals surface area (Å²) >= 11 is 0. The lowest BCUT2D eigenvalue weighted by molar-refractivity contribution is -0.152. The minimum atomic E-state index is -0.995. The zero-order valence-corrected chi connectivity index (χ0v) is 18.5. The molecular formula is C25H42O4. The summed E-state index contributed by atoms with van der Waals surface area (Å²) in [6.07, 6.45) is 26.7. The summed E-state index contributed by atoms with van der Waals surface area (Å²) in [5, 5.41) is 18.0. The van der Waals surface area contributed by atoms with Gasteiger partial charge in [0.1, 0.15) is 12.7 Å². The van der Waals surface area contributed by atoms with Gasteiger partial charge < -0.3 is 14.9 Å². The Morgan fingerprint density at radius 1 is 0.862 bits per heavy atom. The fraction of sp³-hybridized carbons (Fsp3) is 0.640. The summed E-state index contributed by atoms with van der Waals surface area (Å²) in [5.41, 5.74) is 0. The van der Waals surface area contributed by atoms with E-state index in [9.17, 15) is 9.90 Å². The van der Waals surface area contributed by atoms with Gasteiger partial charge in [-0.2, -0.15) is 0 Å². The molecule has 0 aromatic rings. The number of hydrogen-bond acceptors (Lipinski definition) is 4. The van der Waals surface area contributed by atoms with Crippen molar-refractivity contribution in [1.29, 1.82) is 0 Å². The molecule has 0 aliphatic heterocycles. The van der Waals surface area contributed by atoms with Crippen molar-refractivity contribution in [1.82, 2.24) is 0 Å². The molecule has 0 saturated carbocycles. The number of rotatable bonds is 18. The minimum absolute atomic E-state index is 0.143. The number of esters is 1. The van der Waals surface area contributed by atoms with Gasteiger partial charge in [0.25, 0.3) is 0 Å². The summed E-state index contributed by atoms with van der Waals surface area (Å²) in [6.45, 7) is 3.64.